The number of hydrogen-bond donors (Lipinski definition) is 2. The normalized spacial score (nSPS) is 15.6. The van der Waals surface area contributed by atoms with E-state index in [1.165, 1.54) is 19.3 Å². The van der Waals surface area contributed by atoms with Gasteiger partial charge in [0, 0.05) is 12.6 Å². The molecule has 1 fully saturated rings. The summed E-state index contributed by atoms with van der Waals surface area (Å²) in [6.45, 7) is 2.99. The predicted octanol–water partition coefficient (Wildman–Crippen LogP) is 2.92. The van der Waals surface area contributed by atoms with Crippen LogP contribution < -0.4 is 10.6 Å². The average molecular weight is 241 g/mol. The topological polar surface area (TPSA) is 49.8 Å². The first-order valence-corrected chi connectivity index (χ1v) is 6.20. The number of hydrogen-bond acceptors (Lipinski definition) is 4. The summed E-state index contributed by atoms with van der Waals surface area (Å²) in [7, 11) is 0. The molecule has 16 heavy (non-hydrogen) atoms. The Morgan fingerprint density at radius 2 is 2.31 bits per heavy atom. The average Bonchev–Trinajstić information content (AvgIpc) is 2.23. The van der Waals surface area contributed by atoms with Crippen molar-refractivity contribution in [2.45, 2.75) is 38.6 Å². The van der Waals surface area contributed by atoms with Crippen molar-refractivity contribution in [3.05, 3.63) is 11.2 Å². The molecule has 1 aliphatic carbocycles. The Balaban J connectivity index is 2.02. The zero-order valence-corrected chi connectivity index (χ0v) is 10.2. The molecule has 0 radical (unpaired) electrons. The molecule has 4 nitrogen and oxygen atoms in total. The Bertz CT molecular complexity index is 352. The van der Waals surface area contributed by atoms with Gasteiger partial charge in [0.25, 0.3) is 0 Å². The minimum Gasteiger partial charge on any atom is -0.366 e. The van der Waals surface area contributed by atoms with Gasteiger partial charge >= 0.3 is 0 Å². The first-order chi connectivity index (χ1) is 7.79. The van der Waals surface area contributed by atoms with E-state index in [9.17, 15) is 0 Å². The van der Waals surface area contributed by atoms with Crippen molar-refractivity contribution in [2.75, 3.05) is 17.2 Å². The van der Waals surface area contributed by atoms with Gasteiger partial charge in [-0.05, 0) is 25.7 Å². The molecule has 0 amide bonds. The number of anilines is 2. The molecule has 88 valence electrons. The summed E-state index contributed by atoms with van der Waals surface area (Å²) < 4.78 is 0. The highest BCUT2D eigenvalue weighted by Crippen LogP contribution is 2.26. The standard InChI is InChI=1S/C11H17ClN4/c1-2-6-13-11-14-7-9(12)10(16-11)15-8-4-3-5-8/h7-8H,2-6H2,1H3,(H2,13,14,15,16). The lowest BCUT2D eigenvalue weighted by Gasteiger charge is -2.27. The molecular weight excluding hydrogens is 224 g/mol. The molecule has 0 aromatic carbocycles. The van der Waals surface area contributed by atoms with Crippen LogP contribution in [0.15, 0.2) is 6.20 Å². The maximum Gasteiger partial charge on any atom is 0.224 e. The lowest BCUT2D eigenvalue weighted by molar-refractivity contribution is 0.444. The maximum atomic E-state index is 6.04. The molecule has 0 bridgehead atoms. The lowest BCUT2D eigenvalue weighted by Crippen LogP contribution is -2.27. The second-order valence-electron chi connectivity index (χ2n) is 4.09. The molecule has 0 unspecified atom stereocenters. The van der Waals surface area contributed by atoms with Crippen LogP contribution in [0.3, 0.4) is 0 Å². The van der Waals surface area contributed by atoms with Gasteiger partial charge in [-0.1, -0.05) is 18.5 Å². The van der Waals surface area contributed by atoms with Crippen LogP contribution in [0.5, 0.6) is 0 Å². The molecule has 5 heteroatoms. The molecule has 1 heterocycles. The smallest absolute Gasteiger partial charge is 0.224 e. The highest BCUT2D eigenvalue weighted by molar-refractivity contribution is 6.32. The van der Waals surface area contributed by atoms with Crippen LogP contribution >= 0.6 is 11.6 Å². The minimum absolute atomic E-state index is 0.534. The van der Waals surface area contributed by atoms with E-state index in [1.807, 2.05) is 0 Å². The van der Waals surface area contributed by atoms with Crippen molar-refractivity contribution < 1.29 is 0 Å². The number of nitrogens with one attached hydrogen (secondary N) is 2. The maximum absolute atomic E-state index is 6.04. The van der Waals surface area contributed by atoms with Gasteiger partial charge in [0.05, 0.1) is 6.20 Å². The highest BCUT2D eigenvalue weighted by Gasteiger charge is 2.18. The van der Waals surface area contributed by atoms with E-state index in [-0.39, 0.29) is 0 Å². The van der Waals surface area contributed by atoms with Gasteiger partial charge in [-0.2, -0.15) is 4.98 Å². The van der Waals surface area contributed by atoms with E-state index < -0.39 is 0 Å². The minimum atomic E-state index is 0.534. The fourth-order valence-corrected chi connectivity index (χ4v) is 1.68. The first-order valence-electron chi connectivity index (χ1n) is 5.82. The summed E-state index contributed by atoms with van der Waals surface area (Å²) in [6.07, 6.45) is 6.41. The van der Waals surface area contributed by atoms with Crippen molar-refractivity contribution in [3.8, 4) is 0 Å². The molecule has 0 atom stereocenters. The van der Waals surface area contributed by atoms with Crippen molar-refractivity contribution in [1.29, 1.82) is 0 Å². The summed E-state index contributed by atoms with van der Waals surface area (Å²) >= 11 is 6.04. The first kappa shape index (κ1) is 11.5. The monoisotopic (exact) mass is 240 g/mol. The molecular formula is C11H17ClN4. The number of aromatic nitrogens is 2. The van der Waals surface area contributed by atoms with Crippen LogP contribution in [-0.4, -0.2) is 22.6 Å². The summed E-state index contributed by atoms with van der Waals surface area (Å²) in [5.41, 5.74) is 0. The van der Waals surface area contributed by atoms with Crippen LogP contribution in [0.25, 0.3) is 0 Å². The fraction of sp³-hybridized carbons (Fsp3) is 0.636. The van der Waals surface area contributed by atoms with E-state index in [2.05, 4.69) is 27.5 Å². The molecule has 2 N–H and O–H groups in total. The zero-order valence-electron chi connectivity index (χ0n) is 9.46. The van der Waals surface area contributed by atoms with Crippen LogP contribution in [-0.2, 0) is 0 Å². The third-order valence-corrected chi connectivity index (χ3v) is 3.00. The molecule has 0 spiro atoms. The van der Waals surface area contributed by atoms with Gasteiger partial charge in [0.15, 0.2) is 5.82 Å². The fourth-order valence-electron chi connectivity index (χ4n) is 1.54. The summed E-state index contributed by atoms with van der Waals surface area (Å²) in [6, 6.07) is 0.534. The Morgan fingerprint density at radius 1 is 1.50 bits per heavy atom. The van der Waals surface area contributed by atoms with Crippen LogP contribution in [0.1, 0.15) is 32.6 Å². The van der Waals surface area contributed by atoms with Crippen LogP contribution in [0.4, 0.5) is 11.8 Å². The Hall–Kier alpha value is -1.03. The second-order valence-corrected chi connectivity index (χ2v) is 4.50. The van der Waals surface area contributed by atoms with E-state index in [1.54, 1.807) is 6.20 Å². The largest absolute Gasteiger partial charge is 0.366 e. The van der Waals surface area contributed by atoms with Crippen molar-refractivity contribution >= 4 is 23.4 Å². The Labute approximate surface area is 101 Å². The number of nitrogens with zero attached hydrogens (tertiary/aromatic N) is 2. The van der Waals surface area contributed by atoms with Gasteiger partial charge in [-0.25, -0.2) is 4.98 Å². The number of rotatable bonds is 5. The Kier molecular flexibility index (Phi) is 3.83. The summed E-state index contributed by atoms with van der Waals surface area (Å²) in [5, 5.41) is 7.08. The lowest BCUT2D eigenvalue weighted by atomic mass is 9.93. The van der Waals surface area contributed by atoms with Gasteiger partial charge < -0.3 is 10.6 Å². The molecule has 0 aliphatic heterocycles. The quantitative estimate of drug-likeness (QED) is 0.831. The van der Waals surface area contributed by atoms with Gasteiger partial charge in [0.1, 0.15) is 5.02 Å². The molecule has 1 aromatic rings. The van der Waals surface area contributed by atoms with Crippen LogP contribution in [0.2, 0.25) is 5.02 Å². The zero-order chi connectivity index (χ0) is 11.4. The summed E-state index contributed by atoms with van der Waals surface area (Å²) in [5.74, 6) is 1.40. The van der Waals surface area contributed by atoms with Crippen LogP contribution in [0, 0.1) is 0 Å². The van der Waals surface area contributed by atoms with Crippen molar-refractivity contribution in [1.82, 2.24) is 9.97 Å². The highest BCUT2D eigenvalue weighted by atomic mass is 35.5. The third-order valence-electron chi connectivity index (χ3n) is 2.72. The SMILES string of the molecule is CCCNc1ncc(Cl)c(NC2CCC2)n1. The molecule has 0 saturated heterocycles. The van der Waals surface area contributed by atoms with Crippen molar-refractivity contribution in [3.63, 3.8) is 0 Å². The molecule has 1 aliphatic rings. The predicted molar refractivity (Wildman–Crippen MR) is 67.1 cm³/mol. The van der Waals surface area contributed by atoms with Crippen molar-refractivity contribution in [2.24, 2.45) is 0 Å². The molecule has 1 saturated carbocycles. The molecule has 1 aromatic heterocycles. The summed E-state index contributed by atoms with van der Waals surface area (Å²) in [4.78, 5) is 8.50. The molecule has 2 rings (SSSR count). The van der Waals surface area contributed by atoms with E-state index in [4.69, 9.17) is 11.6 Å². The van der Waals surface area contributed by atoms with Gasteiger partial charge in [-0.15, -0.1) is 0 Å². The van der Waals surface area contributed by atoms with Gasteiger partial charge in [0.2, 0.25) is 5.95 Å². The van der Waals surface area contributed by atoms with E-state index in [0.717, 1.165) is 18.8 Å². The Morgan fingerprint density at radius 3 is 2.94 bits per heavy atom. The van der Waals surface area contributed by atoms with E-state index >= 15 is 0 Å². The second kappa shape index (κ2) is 5.34. The van der Waals surface area contributed by atoms with E-state index in [0.29, 0.717) is 17.0 Å². The third kappa shape index (κ3) is 2.76. The number of halogens is 1. The van der Waals surface area contributed by atoms with Gasteiger partial charge in [-0.3, -0.25) is 0 Å².